The second-order valence-electron chi connectivity index (χ2n) is 4.05. The van der Waals surface area contributed by atoms with E-state index in [9.17, 15) is 18.0 Å². The van der Waals surface area contributed by atoms with Gasteiger partial charge in [-0.25, -0.2) is 9.18 Å². The van der Waals surface area contributed by atoms with Gasteiger partial charge in [-0.2, -0.15) is 0 Å². The average Bonchev–Trinajstić information content (AvgIpc) is 2.69. The Morgan fingerprint density at radius 2 is 2.05 bits per heavy atom. The monoisotopic (exact) mass is 291 g/mol. The van der Waals surface area contributed by atoms with Gasteiger partial charge in [-0.1, -0.05) is 6.07 Å². The van der Waals surface area contributed by atoms with E-state index < -0.39 is 24.5 Å². The molecule has 1 aliphatic heterocycles. The van der Waals surface area contributed by atoms with E-state index in [0.29, 0.717) is 0 Å². The molecule has 1 unspecified atom stereocenters. The maximum absolute atomic E-state index is 13.7. The number of hydrogen-bond acceptors (Lipinski definition) is 5. The number of nitrogens with two attached hydrogens (primary N) is 1. The van der Waals surface area contributed by atoms with Gasteiger partial charge in [-0.15, -0.1) is 8.78 Å². The number of esters is 1. The van der Waals surface area contributed by atoms with Crippen molar-refractivity contribution in [2.75, 3.05) is 6.61 Å². The van der Waals surface area contributed by atoms with Crippen LogP contribution in [0.15, 0.2) is 18.2 Å². The summed E-state index contributed by atoms with van der Waals surface area (Å²) in [6.45, 7) is 1.54. The minimum absolute atomic E-state index is 0.0132. The summed E-state index contributed by atoms with van der Waals surface area (Å²) in [6.07, 6.45) is -5.86. The van der Waals surface area contributed by atoms with E-state index >= 15 is 0 Å². The van der Waals surface area contributed by atoms with Gasteiger partial charge in [-0.05, 0) is 24.6 Å². The predicted octanol–water partition coefficient (Wildman–Crippen LogP) is 1.91. The van der Waals surface area contributed by atoms with E-state index in [2.05, 4.69) is 14.2 Å². The molecule has 5 nitrogen and oxygen atoms in total. The van der Waals surface area contributed by atoms with E-state index in [1.54, 1.807) is 0 Å². The van der Waals surface area contributed by atoms with E-state index in [4.69, 9.17) is 5.73 Å². The lowest BCUT2D eigenvalue weighted by Gasteiger charge is -2.16. The molecule has 0 amide bonds. The van der Waals surface area contributed by atoms with Crippen molar-refractivity contribution in [3.63, 3.8) is 0 Å². The Morgan fingerprint density at radius 1 is 1.40 bits per heavy atom. The van der Waals surface area contributed by atoms with Crippen LogP contribution < -0.4 is 15.2 Å². The second kappa shape index (κ2) is 5.20. The first-order chi connectivity index (χ1) is 9.34. The van der Waals surface area contributed by atoms with Crippen LogP contribution in [-0.4, -0.2) is 25.0 Å². The molecule has 2 atom stereocenters. The minimum atomic E-state index is -3.76. The molecule has 0 saturated carbocycles. The van der Waals surface area contributed by atoms with Crippen molar-refractivity contribution in [3.8, 4) is 11.5 Å². The van der Waals surface area contributed by atoms with Gasteiger partial charge in [0, 0.05) is 0 Å². The summed E-state index contributed by atoms with van der Waals surface area (Å²) in [6, 6.07) is 2.20. The van der Waals surface area contributed by atoms with Crippen molar-refractivity contribution in [1.29, 1.82) is 0 Å². The van der Waals surface area contributed by atoms with E-state index in [1.807, 2.05) is 0 Å². The number of rotatable bonds is 4. The number of ether oxygens (including phenoxy) is 3. The molecule has 0 bridgehead atoms. The number of carbonyl (C=O) groups excluding carboxylic acids is 1. The Labute approximate surface area is 112 Å². The molecule has 0 spiro atoms. The van der Waals surface area contributed by atoms with E-state index in [0.717, 1.165) is 6.07 Å². The number of fused-ring (bicyclic) bond motifs is 1. The molecule has 0 radical (unpaired) electrons. The number of carbonyl (C=O) groups is 1. The first-order valence-electron chi connectivity index (χ1n) is 5.80. The second-order valence-corrected chi connectivity index (χ2v) is 4.05. The van der Waals surface area contributed by atoms with Gasteiger partial charge in [-0.3, -0.25) is 0 Å². The van der Waals surface area contributed by atoms with Gasteiger partial charge in [0.1, 0.15) is 0 Å². The van der Waals surface area contributed by atoms with Crippen molar-refractivity contribution in [2.45, 2.75) is 25.4 Å². The molecule has 8 heteroatoms. The molecule has 0 aliphatic carbocycles. The van der Waals surface area contributed by atoms with Crippen LogP contribution in [0.2, 0.25) is 0 Å². The lowest BCUT2D eigenvalue weighted by atomic mass is 10.0. The van der Waals surface area contributed by atoms with E-state index in [-0.39, 0.29) is 23.7 Å². The molecule has 0 aromatic heterocycles. The van der Waals surface area contributed by atoms with Crippen molar-refractivity contribution in [1.82, 2.24) is 0 Å². The van der Waals surface area contributed by atoms with Crippen molar-refractivity contribution < 1.29 is 32.2 Å². The van der Waals surface area contributed by atoms with Crippen molar-refractivity contribution in [2.24, 2.45) is 5.73 Å². The Bertz CT molecular complexity index is 523. The van der Waals surface area contributed by atoms with Crippen LogP contribution in [0.3, 0.4) is 0 Å². The third kappa shape index (κ3) is 2.79. The lowest BCUT2D eigenvalue weighted by Crippen LogP contribution is -2.31. The Morgan fingerprint density at radius 3 is 2.70 bits per heavy atom. The molecular weight excluding hydrogens is 279 g/mol. The van der Waals surface area contributed by atoms with Gasteiger partial charge < -0.3 is 19.9 Å². The molecule has 2 rings (SSSR count). The zero-order valence-electron chi connectivity index (χ0n) is 10.4. The highest BCUT2D eigenvalue weighted by molar-refractivity contribution is 5.75. The third-order valence-corrected chi connectivity index (χ3v) is 2.64. The number of benzene rings is 1. The highest BCUT2D eigenvalue weighted by Gasteiger charge is 2.43. The topological polar surface area (TPSA) is 70.8 Å². The lowest BCUT2D eigenvalue weighted by molar-refractivity contribution is -0.286. The molecule has 1 aliphatic rings. The van der Waals surface area contributed by atoms with Crippen LogP contribution in [0.5, 0.6) is 11.5 Å². The Balaban J connectivity index is 2.17. The first-order valence-corrected chi connectivity index (χ1v) is 5.80. The molecule has 1 heterocycles. The molecule has 0 saturated heterocycles. The van der Waals surface area contributed by atoms with Crippen LogP contribution in [0.1, 0.15) is 18.5 Å². The van der Waals surface area contributed by atoms with Crippen LogP contribution in [-0.2, 0) is 9.53 Å². The SMILES string of the molecule is CCOC(=O)C(F)[C@@H](N)c1ccc2c(c1)OC(F)(F)O2. The summed E-state index contributed by atoms with van der Waals surface area (Å²) in [5.41, 5.74) is 5.69. The summed E-state index contributed by atoms with van der Waals surface area (Å²) in [7, 11) is 0. The molecule has 20 heavy (non-hydrogen) atoms. The fourth-order valence-electron chi connectivity index (χ4n) is 1.71. The maximum Gasteiger partial charge on any atom is 0.586 e. The van der Waals surface area contributed by atoms with E-state index in [1.165, 1.54) is 19.1 Å². The zero-order valence-corrected chi connectivity index (χ0v) is 10.4. The number of hydrogen-bond donors (Lipinski definition) is 1. The largest absolute Gasteiger partial charge is 0.586 e. The quantitative estimate of drug-likeness (QED) is 0.858. The van der Waals surface area contributed by atoms with Gasteiger partial charge in [0.15, 0.2) is 11.5 Å². The average molecular weight is 291 g/mol. The van der Waals surface area contributed by atoms with Gasteiger partial charge in [0.2, 0.25) is 6.17 Å². The van der Waals surface area contributed by atoms with Gasteiger partial charge in [0.25, 0.3) is 0 Å². The summed E-state index contributed by atoms with van der Waals surface area (Å²) in [4.78, 5) is 11.2. The normalized spacial score (nSPS) is 18.4. The number of alkyl halides is 3. The Hall–Kier alpha value is -1.96. The first kappa shape index (κ1) is 14.4. The molecule has 1 aromatic carbocycles. The van der Waals surface area contributed by atoms with Gasteiger partial charge >= 0.3 is 12.3 Å². The molecule has 1 aromatic rings. The molecule has 0 fully saturated rings. The summed E-state index contributed by atoms with van der Waals surface area (Å²) in [5, 5.41) is 0. The third-order valence-electron chi connectivity index (χ3n) is 2.64. The van der Waals surface area contributed by atoms with Crippen LogP contribution in [0.25, 0.3) is 0 Å². The minimum Gasteiger partial charge on any atom is -0.464 e. The molecule has 110 valence electrons. The standard InChI is InChI=1S/C12H12F3NO4/c1-2-18-11(17)9(13)10(16)6-3-4-7-8(5-6)20-12(14,15)19-7/h3-5,9-10H,2,16H2,1H3/t9?,10-/m0/s1. The van der Waals surface area contributed by atoms with Crippen LogP contribution in [0.4, 0.5) is 13.2 Å². The van der Waals surface area contributed by atoms with Crippen LogP contribution >= 0.6 is 0 Å². The summed E-state index contributed by atoms with van der Waals surface area (Å²) >= 11 is 0. The Kier molecular flexibility index (Phi) is 3.76. The molecular formula is C12H12F3NO4. The van der Waals surface area contributed by atoms with Gasteiger partial charge in [0.05, 0.1) is 12.6 Å². The highest BCUT2D eigenvalue weighted by atomic mass is 19.3. The highest BCUT2D eigenvalue weighted by Crippen LogP contribution is 2.42. The number of halogens is 3. The fraction of sp³-hybridized carbons (Fsp3) is 0.417. The smallest absolute Gasteiger partial charge is 0.464 e. The zero-order chi connectivity index (χ0) is 14.9. The van der Waals surface area contributed by atoms with Crippen molar-refractivity contribution in [3.05, 3.63) is 23.8 Å². The summed E-state index contributed by atoms with van der Waals surface area (Å²) < 4.78 is 52.3. The molecule has 2 N–H and O–H groups in total. The summed E-state index contributed by atoms with van der Waals surface area (Å²) in [5.74, 6) is -1.56. The van der Waals surface area contributed by atoms with Crippen LogP contribution in [0, 0.1) is 0 Å². The van der Waals surface area contributed by atoms with Crippen molar-refractivity contribution >= 4 is 5.97 Å². The fourth-order valence-corrected chi connectivity index (χ4v) is 1.71. The maximum atomic E-state index is 13.7. The predicted molar refractivity (Wildman–Crippen MR) is 61.1 cm³/mol.